The number of hydrogen-bond donors (Lipinski definition) is 0. The lowest BCUT2D eigenvalue weighted by molar-refractivity contribution is -0.132. The molecule has 2 aromatic heterocycles. The van der Waals surface area contributed by atoms with Crippen molar-refractivity contribution in [2.45, 2.75) is 45.7 Å². The second-order valence-corrected chi connectivity index (χ2v) is 11.2. The van der Waals surface area contributed by atoms with Gasteiger partial charge in [-0.2, -0.15) is 5.10 Å². The number of nitrogens with zero attached hydrogens (tertiary/aromatic N) is 6. The predicted octanol–water partition coefficient (Wildman–Crippen LogP) is 5.31. The summed E-state index contributed by atoms with van der Waals surface area (Å²) in [5.74, 6) is -0.637. The van der Waals surface area contributed by atoms with E-state index in [-0.39, 0.29) is 23.9 Å². The highest BCUT2D eigenvalue weighted by Crippen LogP contribution is 2.32. The normalized spacial score (nSPS) is 15.8. The molecule has 1 aliphatic carbocycles. The molecule has 2 aliphatic rings. The van der Waals surface area contributed by atoms with E-state index in [1.165, 1.54) is 12.1 Å². The fraction of sp³-hybridized carbons (Fsp3) is 0.438. The van der Waals surface area contributed by atoms with Gasteiger partial charge < -0.3 is 9.64 Å². The van der Waals surface area contributed by atoms with Crippen LogP contribution in [0.1, 0.15) is 38.2 Å². The SMILES string of the molecule is CCCN(CCCn1cc(-c2cnc3cccc(-c4cc(F)c(CN5CCOCC5)c(F)c4)c3n2)cn1)C(=O)C1CC1. The summed E-state index contributed by atoms with van der Waals surface area (Å²) in [7, 11) is 0. The number of halogens is 2. The predicted molar refractivity (Wildman–Crippen MR) is 156 cm³/mol. The summed E-state index contributed by atoms with van der Waals surface area (Å²) in [6.45, 7) is 6.92. The molecule has 2 fully saturated rings. The molecule has 0 radical (unpaired) electrons. The first-order valence-electron chi connectivity index (χ1n) is 14.9. The first-order chi connectivity index (χ1) is 20.5. The fourth-order valence-corrected chi connectivity index (χ4v) is 5.53. The number of rotatable bonds is 11. The lowest BCUT2D eigenvalue weighted by Gasteiger charge is -2.27. The second-order valence-electron chi connectivity index (χ2n) is 11.2. The largest absolute Gasteiger partial charge is 0.379 e. The molecule has 1 saturated heterocycles. The van der Waals surface area contributed by atoms with Crippen molar-refractivity contribution in [3.63, 3.8) is 0 Å². The minimum atomic E-state index is -0.574. The Morgan fingerprint density at radius 1 is 1.07 bits per heavy atom. The van der Waals surface area contributed by atoms with Gasteiger partial charge in [0.25, 0.3) is 0 Å². The van der Waals surface area contributed by atoms with Crippen molar-refractivity contribution in [1.82, 2.24) is 29.5 Å². The van der Waals surface area contributed by atoms with E-state index < -0.39 is 11.6 Å². The maximum Gasteiger partial charge on any atom is 0.225 e. The molecule has 4 aromatic rings. The molecule has 2 aromatic carbocycles. The van der Waals surface area contributed by atoms with Gasteiger partial charge in [-0.1, -0.05) is 19.1 Å². The molecular weight excluding hydrogens is 538 g/mol. The van der Waals surface area contributed by atoms with Gasteiger partial charge in [0.05, 0.1) is 42.3 Å². The molecule has 42 heavy (non-hydrogen) atoms. The zero-order valence-electron chi connectivity index (χ0n) is 23.9. The molecule has 0 bridgehead atoms. The number of aromatic nitrogens is 4. The first kappa shape index (κ1) is 28.4. The van der Waals surface area contributed by atoms with Gasteiger partial charge in [-0.15, -0.1) is 0 Å². The topological polar surface area (TPSA) is 76.4 Å². The van der Waals surface area contributed by atoms with Crippen LogP contribution in [0.15, 0.2) is 48.9 Å². The van der Waals surface area contributed by atoms with Gasteiger partial charge in [0.1, 0.15) is 11.6 Å². The number of ether oxygens (including phenoxy) is 1. The maximum atomic E-state index is 15.2. The van der Waals surface area contributed by atoms with Crippen molar-refractivity contribution < 1.29 is 18.3 Å². The number of fused-ring (bicyclic) bond motifs is 1. The van der Waals surface area contributed by atoms with Crippen LogP contribution in [0, 0.1) is 17.6 Å². The average molecular weight is 575 g/mol. The van der Waals surface area contributed by atoms with Gasteiger partial charge >= 0.3 is 0 Å². The van der Waals surface area contributed by atoms with E-state index >= 15 is 8.78 Å². The van der Waals surface area contributed by atoms with Gasteiger partial charge in [0.2, 0.25) is 5.91 Å². The number of aryl methyl sites for hydroxylation is 1. The van der Waals surface area contributed by atoms with E-state index in [1.807, 2.05) is 38.9 Å². The van der Waals surface area contributed by atoms with Crippen molar-refractivity contribution in [3.8, 4) is 22.4 Å². The Balaban J connectivity index is 1.19. The van der Waals surface area contributed by atoms with Gasteiger partial charge in [-0.3, -0.25) is 19.4 Å². The Morgan fingerprint density at radius 3 is 2.60 bits per heavy atom. The van der Waals surface area contributed by atoms with Crippen molar-refractivity contribution in [1.29, 1.82) is 0 Å². The van der Waals surface area contributed by atoms with Crippen LogP contribution in [-0.2, 0) is 22.6 Å². The highest BCUT2D eigenvalue weighted by molar-refractivity contribution is 5.92. The van der Waals surface area contributed by atoms with E-state index in [2.05, 4.69) is 17.0 Å². The minimum absolute atomic E-state index is 0.0646. The fourth-order valence-electron chi connectivity index (χ4n) is 5.53. The maximum absolute atomic E-state index is 15.2. The molecule has 220 valence electrons. The molecular formula is C32H36F2N6O2. The third-order valence-corrected chi connectivity index (χ3v) is 7.99. The van der Waals surface area contributed by atoms with Gasteiger partial charge in [0, 0.05) is 68.1 Å². The lowest BCUT2D eigenvalue weighted by Crippen LogP contribution is -2.36. The van der Waals surface area contributed by atoms with Gasteiger partial charge in [-0.25, -0.2) is 13.8 Å². The third-order valence-electron chi connectivity index (χ3n) is 7.99. The summed E-state index contributed by atoms with van der Waals surface area (Å²) in [5.41, 5.74) is 3.73. The summed E-state index contributed by atoms with van der Waals surface area (Å²) < 4.78 is 37.6. The van der Waals surface area contributed by atoms with Gasteiger partial charge in [0.15, 0.2) is 0 Å². The molecule has 0 unspecified atom stereocenters. The zero-order chi connectivity index (χ0) is 29.1. The number of benzene rings is 2. The van der Waals surface area contributed by atoms with E-state index in [0.717, 1.165) is 44.3 Å². The van der Waals surface area contributed by atoms with Crippen molar-refractivity contribution in [2.24, 2.45) is 5.92 Å². The molecule has 8 nitrogen and oxygen atoms in total. The molecule has 0 spiro atoms. The molecule has 1 saturated carbocycles. The van der Waals surface area contributed by atoms with Gasteiger partial charge in [-0.05, 0) is 49.4 Å². The van der Waals surface area contributed by atoms with E-state index in [1.54, 1.807) is 12.4 Å². The van der Waals surface area contributed by atoms with Crippen LogP contribution >= 0.6 is 0 Å². The van der Waals surface area contributed by atoms with Crippen LogP contribution in [0.25, 0.3) is 33.4 Å². The van der Waals surface area contributed by atoms with Crippen LogP contribution in [0.4, 0.5) is 8.78 Å². The number of carbonyl (C=O) groups is 1. The summed E-state index contributed by atoms with van der Waals surface area (Å²) in [6.07, 6.45) is 9.15. The Kier molecular flexibility index (Phi) is 8.53. The molecule has 0 N–H and O–H groups in total. The van der Waals surface area contributed by atoms with Crippen molar-refractivity contribution in [3.05, 3.63) is 66.1 Å². The highest BCUT2D eigenvalue weighted by Gasteiger charge is 2.32. The lowest BCUT2D eigenvalue weighted by atomic mass is 10.0. The number of hydrogen-bond acceptors (Lipinski definition) is 6. The Bertz CT molecular complexity index is 1540. The standard InChI is InChI=1S/C32H36F2N6O2/c1-2-9-39(32(41)22-7-8-22)10-4-11-40-20-24(18-36-40)30-19-35-29-6-3-5-25(31(29)37-30)23-16-27(33)26(28(34)17-23)21-38-12-14-42-15-13-38/h3,5-6,16-20,22H,2,4,7-15,21H2,1H3. The Morgan fingerprint density at radius 2 is 1.86 bits per heavy atom. The van der Waals surface area contributed by atoms with Crippen LogP contribution in [-0.4, -0.2) is 74.8 Å². The van der Waals surface area contributed by atoms with Crippen LogP contribution in [0.3, 0.4) is 0 Å². The van der Waals surface area contributed by atoms with Crippen molar-refractivity contribution >= 4 is 16.9 Å². The van der Waals surface area contributed by atoms with E-state index in [0.29, 0.717) is 60.7 Å². The molecule has 1 amide bonds. The summed E-state index contributed by atoms with van der Waals surface area (Å²) in [4.78, 5) is 26.0. The summed E-state index contributed by atoms with van der Waals surface area (Å²) >= 11 is 0. The number of para-hydroxylation sites is 1. The van der Waals surface area contributed by atoms with Crippen LogP contribution in [0.2, 0.25) is 0 Å². The number of amides is 1. The zero-order valence-corrected chi connectivity index (χ0v) is 23.9. The van der Waals surface area contributed by atoms with Crippen LogP contribution < -0.4 is 0 Å². The quantitative estimate of drug-likeness (QED) is 0.242. The summed E-state index contributed by atoms with van der Waals surface area (Å²) in [6, 6.07) is 8.23. The first-order valence-corrected chi connectivity index (χ1v) is 14.9. The molecule has 3 heterocycles. The third kappa shape index (κ3) is 6.34. The highest BCUT2D eigenvalue weighted by atomic mass is 19.1. The molecule has 6 rings (SSSR count). The molecule has 1 aliphatic heterocycles. The molecule has 0 atom stereocenters. The number of morpholine rings is 1. The minimum Gasteiger partial charge on any atom is -0.379 e. The monoisotopic (exact) mass is 574 g/mol. The average Bonchev–Trinajstić information content (AvgIpc) is 3.75. The van der Waals surface area contributed by atoms with E-state index in [4.69, 9.17) is 9.72 Å². The second kappa shape index (κ2) is 12.6. The number of carbonyl (C=O) groups excluding carboxylic acids is 1. The smallest absolute Gasteiger partial charge is 0.225 e. The molecule has 10 heteroatoms. The Labute approximate surface area is 244 Å². The summed E-state index contributed by atoms with van der Waals surface area (Å²) in [5, 5.41) is 4.50. The Hall–Kier alpha value is -3.76. The van der Waals surface area contributed by atoms with E-state index in [9.17, 15) is 4.79 Å². The van der Waals surface area contributed by atoms with Crippen LogP contribution in [0.5, 0.6) is 0 Å². The van der Waals surface area contributed by atoms with Crippen molar-refractivity contribution in [2.75, 3.05) is 39.4 Å².